The molecule has 1 aromatic heterocycles. The molecule has 3 nitrogen and oxygen atoms in total. The third-order valence-electron chi connectivity index (χ3n) is 2.22. The predicted molar refractivity (Wildman–Crippen MR) is 65.7 cm³/mol. The Kier molecular flexibility index (Phi) is 3.37. The lowest BCUT2D eigenvalue weighted by Gasteiger charge is -1.97. The van der Waals surface area contributed by atoms with Gasteiger partial charge in [-0.15, -0.1) is 5.10 Å². The molecule has 2 rings (SSSR count). The van der Waals surface area contributed by atoms with Crippen molar-refractivity contribution in [1.29, 1.82) is 0 Å². The quantitative estimate of drug-likeness (QED) is 0.696. The molecule has 1 heterocycles. The summed E-state index contributed by atoms with van der Waals surface area (Å²) in [6, 6.07) is 11.3. The summed E-state index contributed by atoms with van der Waals surface area (Å²) >= 11 is 0. The minimum absolute atomic E-state index is 0.673. The zero-order valence-corrected chi connectivity index (χ0v) is 9.77. The van der Waals surface area contributed by atoms with Crippen molar-refractivity contribution in [2.75, 3.05) is 7.11 Å². The molecular weight excluding hydrogens is 212 g/mol. The first kappa shape index (κ1) is 11.2. The van der Waals surface area contributed by atoms with E-state index in [0.29, 0.717) is 5.69 Å². The normalized spacial score (nSPS) is 9.29. The minimum Gasteiger partial charge on any atom is -0.497 e. The number of rotatable bonds is 1. The van der Waals surface area contributed by atoms with Crippen LogP contribution in [0.15, 0.2) is 36.4 Å². The molecule has 0 aliphatic rings. The Morgan fingerprint density at radius 2 is 1.71 bits per heavy atom. The summed E-state index contributed by atoms with van der Waals surface area (Å²) in [6.45, 7) is 1.90. The molecule has 0 unspecified atom stereocenters. The Morgan fingerprint density at radius 3 is 2.29 bits per heavy atom. The minimum atomic E-state index is 0.673. The lowest BCUT2D eigenvalue weighted by Crippen LogP contribution is -1.89. The molecule has 0 saturated heterocycles. The molecule has 0 radical (unpaired) electrons. The van der Waals surface area contributed by atoms with Crippen LogP contribution < -0.4 is 4.74 Å². The van der Waals surface area contributed by atoms with Gasteiger partial charge in [-0.2, -0.15) is 5.10 Å². The van der Waals surface area contributed by atoms with E-state index in [1.54, 1.807) is 7.11 Å². The second-order valence-corrected chi connectivity index (χ2v) is 3.54. The van der Waals surface area contributed by atoms with Crippen molar-refractivity contribution in [3.63, 3.8) is 0 Å². The highest BCUT2D eigenvalue weighted by atomic mass is 16.5. The van der Waals surface area contributed by atoms with Crippen LogP contribution in [0.3, 0.4) is 0 Å². The molecule has 84 valence electrons. The molecule has 0 N–H and O–H groups in total. The van der Waals surface area contributed by atoms with Crippen molar-refractivity contribution in [3.05, 3.63) is 53.3 Å². The maximum atomic E-state index is 5.07. The van der Waals surface area contributed by atoms with Gasteiger partial charge in [0.1, 0.15) is 11.4 Å². The number of nitrogens with zero attached hydrogens (tertiary/aromatic N) is 2. The lowest BCUT2D eigenvalue weighted by molar-refractivity contribution is 0.415. The van der Waals surface area contributed by atoms with E-state index in [-0.39, 0.29) is 0 Å². The van der Waals surface area contributed by atoms with Gasteiger partial charge < -0.3 is 4.74 Å². The highest BCUT2D eigenvalue weighted by molar-refractivity contribution is 5.41. The van der Waals surface area contributed by atoms with Crippen LogP contribution in [-0.4, -0.2) is 17.3 Å². The average Bonchev–Trinajstić information content (AvgIpc) is 2.39. The number of benzene rings is 1. The van der Waals surface area contributed by atoms with Crippen molar-refractivity contribution >= 4 is 0 Å². The molecule has 17 heavy (non-hydrogen) atoms. The number of ether oxygens (including phenoxy) is 1. The second-order valence-electron chi connectivity index (χ2n) is 3.54. The van der Waals surface area contributed by atoms with E-state index in [4.69, 9.17) is 4.74 Å². The van der Waals surface area contributed by atoms with Gasteiger partial charge in [0.15, 0.2) is 0 Å². The maximum absolute atomic E-state index is 5.07. The van der Waals surface area contributed by atoms with Crippen LogP contribution in [0.25, 0.3) is 0 Å². The molecule has 0 amide bonds. The molecule has 0 saturated carbocycles. The van der Waals surface area contributed by atoms with Gasteiger partial charge in [-0.1, -0.05) is 5.92 Å². The summed E-state index contributed by atoms with van der Waals surface area (Å²) < 4.78 is 5.07. The van der Waals surface area contributed by atoms with Crippen LogP contribution in [0.1, 0.15) is 17.0 Å². The summed E-state index contributed by atoms with van der Waals surface area (Å²) in [5, 5.41) is 7.93. The molecule has 0 spiro atoms. The standard InChI is InChI=1S/C14H12N2O/c1-11-3-7-13(16-15-11)8-4-12-5-9-14(17-2)10-6-12/h3,5-7,9-10H,1-2H3. The zero-order valence-electron chi connectivity index (χ0n) is 9.77. The van der Waals surface area contributed by atoms with Crippen LogP contribution in [-0.2, 0) is 0 Å². The van der Waals surface area contributed by atoms with Crippen molar-refractivity contribution in [2.24, 2.45) is 0 Å². The smallest absolute Gasteiger partial charge is 0.136 e. The first-order valence-corrected chi connectivity index (χ1v) is 5.24. The van der Waals surface area contributed by atoms with E-state index in [0.717, 1.165) is 17.0 Å². The van der Waals surface area contributed by atoms with Gasteiger partial charge in [-0.05, 0) is 49.2 Å². The first-order chi connectivity index (χ1) is 8.28. The summed E-state index contributed by atoms with van der Waals surface area (Å²) in [6.07, 6.45) is 0. The third kappa shape index (κ3) is 3.05. The summed E-state index contributed by atoms with van der Waals surface area (Å²) in [5.74, 6) is 6.81. The fraction of sp³-hybridized carbons (Fsp3) is 0.143. The molecule has 2 aromatic rings. The number of aromatic nitrogens is 2. The topological polar surface area (TPSA) is 35.0 Å². The highest BCUT2D eigenvalue weighted by Gasteiger charge is 1.91. The SMILES string of the molecule is COc1ccc(C#Cc2ccc(C)nn2)cc1. The average molecular weight is 224 g/mol. The van der Waals surface area contributed by atoms with Crippen molar-refractivity contribution < 1.29 is 4.74 Å². The van der Waals surface area contributed by atoms with E-state index in [2.05, 4.69) is 22.0 Å². The molecule has 0 bridgehead atoms. The Labute approximate surface area is 100 Å². The van der Waals surface area contributed by atoms with Crippen LogP contribution in [0, 0.1) is 18.8 Å². The van der Waals surface area contributed by atoms with Gasteiger partial charge in [0.25, 0.3) is 0 Å². The molecule has 0 aliphatic heterocycles. The molecule has 0 atom stereocenters. The molecular formula is C14H12N2O. The van der Waals surface area contributed by atoms with Crippen LogP contribution >= 0.6 is 0 Å². The van der Waals surface area contributed by atoms with E-state index in [9.17, 15) is 0 Å². The van der Waals surface area contributed by atoms with Crippen molar-refractivity contribution in [2.45, 2.75) is 6.92 Å². The number of hydrogen-bond donors (Lipinski definition) is 0. The largest absolute Gasteiger partial charge is 0.497 e. The van der Waals surface area contributed by atoms with E-state index >= 15 is 0 Å². The van der Waals surface area contributed by atoms with E-state index < -0.39 is 0 Å². The highest BCUT2D eigenvalue weighted by Crippen LogP contribution is 2.10. The predicted octanol–water partition coefficient (Wildman–Crippen LogP) is 2.19. The second kappa shape index (κ2) is 5.13. The van der Waals surface area contributed by atoms with Gasteiger partial charge in [-0.3, -0.25) is 0 Å². The zero-order chi connectivity index (χ0) is 12.1. The van der Waals surface area contributed by atoms with Gasteiger partial charge >= 0.3 is 0 Å². The summed E-state index contributed by atoms with van der Waals surface area (Å²) in [7, 11) is 1.64. The van der Waals surface area contributed by atoms with Gasteiger partial charge in [-0.25, -0.2) is 0 Å². The third-order valence-corrected chi connectivity index (χ3v) is 2.22. The molecule has 0 fully saturated rings. The first-order valence-electron chi connectivity index (χ1n) is 5.24. The Bertz CT molecular complexity index is 548. The Balaban J connectivity index is 2.17. The van der Waals surface area contributed by atoms with Crippen LogP contribution in [0.5, 0.6) is 5.75 Å². The summed E-state index contributed by atoms with van der Waals surface area (Å²) in [4.78, 5) is 0. The monoisotopic (exact) mass is 224 g/mol. The lowest BCUT2D eigenvalue weighted by atomic mass is 10.2. The van der Waals surface area contributed by atoms with Crippen molar-refractivity contribution in [3.8, 4) is 17.6 Å². The Morgan fingerprint density at radius 1 is 0.941 bits per heavy atom. The van der Waals surface area contributed by atoms with Crippen LogP contribution in [0.2, 0.25) is 0 Å². The fourth-order valence-electron chi connectivity index (χ4n) is 1.28. The van der Waals surface area contributed by atoms with Gasteiger partial charge in [0, 0.05) is 5.56 Å². The number of methoxy groups -OCH3 is 1. The van der Waals surface area contributed by atoms with Gasteiger partial charge in [0.2, 0.25) is 0 Å². The molecule has 0 aliphatic carbocycles. The number of aryl methyl sites for hydroxylation is 1. The molecule has 3 heteroatoms. The van der Waals surface area contributed by atoms with E-state index in [1.165, 1.54) is 0 Å². The fourth-order valence-corrected chi connectivity index (χ4v) is 1.28. The number of hydrogen-bond acceptors (Lipinski definition) is 3. The van der Waals surface area contributed by atoms with Crippen LogP contribution in [0.4, 0.5) is 0 Å². The van der Waals surface area contributed by atoms with Gasteiger partial charge in [0.05, 0.1) is 12.8 Å². The maximum Gasteiger partial charge on any atom is 0.136 e. The van der Waals surface area contributed by atoms with E-state index in [1.807, 2.05) is 43.3 Å². The Hall–Kier alpha value is -2.34. The molecule has 1 aromatic carbocycles. The summed E-state index contributed by atoms with van der Waals surface area (Å²) in [5.41, 5.74) is 2.49. The van der Waals surface area contributed by atoms with Crippen molar-refractivity contribution in [1.82, 2.24) is 10.2 Å².